The molecule has 0 spiro atoms. The zero-order chi connectivity index (χ0) is 17.4. The average Bonchev–Trinajstić information content (AvgIpc) is 3.03. The van der Waals surface area contributed by atoms with Crippen LogP contribution in [-0.4, -0.2) is 43.7 Å². The van der Waals surface area contributed by atoms with Crippen LogP contribution in [0.4, 0.5) is 0 Å². The minimum Gasteiger partial charge on any atom is -0.490 e. The second-order valence-electron chi connectivity index (χ2n) is 5.70. The predicted molar refractivity (Wildman–Crippen MR) is 89.6 cm³/mol. The van der Waals surface area contributed by atoms with Crippen LogP contribution in [0.2, 0.25) is 5.15 Å². The summed E-state index contributed by atoms with van der Waals surface area (Å²) in [4.78, 5) is 4.12. The number of sulfonamides is 1. The average molecular weight is 383 g/mol. The number of benzene rings is 1. The molecule has 0 radical (unpaired) electrons. The van der Waals surface area contributed by atoms with E-state index in [1.165, 1.54) is 22.6 Å². The Labute approximate surface area is 150 Å². The van der Waals surface area contributed by atoms with Crippen molar-refractivity contribution >= 4 is 21.6 Å². The molecule has 7 nitrogen and oxygen atoms in total. The van der Waals surface area contributed by atoms with Crippen LogP contribution in [0.5, 0.6) is 17.2 Å². The molecule has 2 aromatic rings. The topological polar surface area (TPSA) is 78.0 Å². The number of rotatable bonds is 5. The second-order valence-corrected chi connectivity index (χ2v) is 7.98. The fourth-order valence-electron chi connectivity index (χ4n) is 2.71. The van der Waals surface area contributed by atoms with Crippen molar-refractivity contribution in [3.8, 4) is 17.2 Å². The Kier molecular flexibility index (Phi) is 4.18. The number of pyridine rings is 1. The second kappa shape index (κ2) is 6.36. The van der Waals surface area contributed by atoms with E-state index in [0.717, 1.165) is 6.42 Å². The van der Waals surface area contributed by atoms with Gasteiger partial charge in [0.05, 0.1) is 17.1 Å². The van der Waals surface area contributed by atoms with Gasteiger partial charge in [0.25, 0.3) is 0 Å². The molecule has 0 aliphatic carbocycles. The largest absolute Gasteiger partial charge is 0.490 e. The van der Waals surface area contributed by atoms with Gasteiger partial charge in [0.1, 0.15) is 17.5 Å². The summed E-state index contributed by atoms with van der Waals surface area (Å²) in [5, 5.41) is 0.378. The van der Waals surface area contributed by atoms with E-state index in [2.05, 4.69) is 4.98 Å². The van der Waals surface area contributed by atoms with Gasteiger partial charge in [0.2, 0.25) is 16.8 Å². The third-order valence-corrected chi connectivity index (χ3v) is 6.35. The first-order valence-electron chi connectivity index (χ1n) is 7.70. The lowest BCUT2D eigenvalue weighted by Gasteiger charge is -2.39. The molecule has 132 valence electrons. The molecular formula is C16H15ClN2O5S. The van der Waals surface area contributed by atoms with Crippen LogP contribution in [0.25, 0.3) is 0 Å². The Bertz CT molecular complexity index is 888. The summed E-state index contributed by atoms with van der Waals surface area (Å²) in [5.41, 5.74) is 0. The number of ether oxygens (including phenoxy) is 3. The maximum absolute atomic E-state index is 12.8. The minimum atomic E-state index is -3.60. The molecule has 3 heterocycles. The van der Waals surface area contributed by atoms with Crippen LogP contribution in [-0.2, 0) is 10.0 Å². The molecule has 0 unspecified atom stereocenters. The normalized spacial score (nSPS) is 19.5. The molecule has 0 amide bonds. The van der Waals surface area contributed by atoms with Crippen molar-refractivity contribution in [1.29, 1.82) is 0 Å². The first-order chi connectivity index (χ1) is 12.0. The van der Waals surface area contributed by atoms with E-state index in [4.69, 9.17) is 25.8 Å². The van der Waals surface area contributed by atoms with Crippen molar-refractivity contribution in [2.45, 2.75) is 17.4 Å². The summed E-state index contributed by atoms with van der Waals surface area (Å²) < 4.78 is 43.2. The van der Waals surface area contributed by atoms with Gasteiger partial charge in [-0.05, 0) is 30.7 Å². The Hall–Kier alpha value is -2.03. The molecule has 1 aromatic carbocycles. The van der Waals surface area contributed by atoms with Gasteiger partial charge in [-0.3, -0.25) is 0 Å². The van der Waals surface area contributed by atoms with Crippen LogP contribution >= 0.6 is 11.6 Å². The summed E-state index contributed by atoms with van der Waals surface area (Å²) in [6.07, 6.45) is 2.25. The molecule has 1 fully saturated rings. The Balaban J connectivity index is 1.46. The van der Waals surface area contributed by atoms with Crippen LogP contribution in [0.15, 0.2) is 41.4 Å². The van der Waals surface area contributed by atoms with Crippen LogP contribution in [0.1, 0.15) is 6.42 Å². The lowest BCUT2D eigenvalue weighted by Crippen LogP contribution is -2.53. The maximum atomic E-state index is 12.8. The summed E-state index contributed by atoms with van der Waals surface area (Å²) in [7, 11) is -3.60. The van der Waals surface area contributed by atoms with E-state index < -0.39 is 10.0 Å². The van der Waals surface area contributed by atoms with Gasteiger partial charge < -0.3 is 14.2 Å². The molecule has 9 heteroatoms. The third kappa shape index (κ3) is 3.12. The molecule has 2 aliphatic heterocycles. The van der Waals surface area contributed by atoms with Gasteiger partial charge >= 0.3 is 0 Å². The Morgan fingerprint density at radius 2 is 2.08 bits per heavy atom. The molecule has 25 heavy (non-hydrogen) atoms. The smallest absolute Gasteiger partial charge is 0.243 e. The quantitative estimate of drug-likeness (QED) is 0.738. The summed E-state index contributed by atoms with van der Waals surface area (Å²) in [6.45, 7) is 0.824. The lowest BCUT2D eigenvalue weighted by molar-refractivity contribution is 0.128. The molecule has 4 rings (SSSR count). The number of hydrogen-bond acceptors (Lipinski definition) is 6. The van der Waals surface area contributed by atoms with Crippen molar-refractivity contribution in [3.05, 3.63) is 41.7 Å². The molecule has 0 N–H and O–H groups in total. The third-order valence-electron chi connectivity index (χ3n) is 4.18. The van der Waals surface area contributed by atoms with Gasteiger partial charge in [-0.25, -0.2) is 13.4 Å². The van der Waals surface area contributed by atoms with E-state index in [-0.39, 0.29) is 24.3 Å². The maximum Gasteiger partial charge on any atom is 0.243 e. The number of fused-ring (bicyclic) bond motifs is 1. The Morgan fingerprint density at radius 3 is 2.80 bits per heavy atom. The highest BCUT2D eigenvalue weighted by molar-refractivity contribution is 7.89. The number of aromatic nitrogens is 1. The number of nitrogens with zero attached hydrogens (tertiary/aromatic N) is 2. The van der Waals surface area contributed by atoms with Gasteiger partial charge in [-0.15, -0.1) is 0 Å². The van der Waals surface area contributed by atoms with Crippen LogP contribution < -0.4 is 14.2 Å². The SMILES string of the molecule is O=S(=O)(c1ccc2c(c1)OCO2)N1CC[C@@H]1COc1ccc(Cl)nc1. The fourth-order valence-corrected chi connectivity index (χ4v) is 4.50. The zero-order valence-electron chi connectivity index (χ0n) is 13.1. The Morgan fingerprint density at radius 1 is 1.24 bits per heavy atom. The van der Waals surface area contributed by atoms with Crippen molar-refractivity contribution in [3.63, 3.8) is 0 Å². The van der Waals surface area contributed by atoms with Crippen LogP contribution in [0.3, 0.4) is 0 Å². The molecule has 0 saturated carbocycles. The highest BCUT2D eigenvalue weighted by atomic mass is 35.5. The molecule has 0 bridgehead atoms. The van der Waals surface area contributed by atoms with E-state index in [9.17, 15) is 8.42 Å². The van der Waals surface area contributed by atoms with E-state index in [0.29, 0.717) is 28.9 Å². The molecular weight excluding hydrogens is 368 g/mol. The number of hydrogen-bond donors (Lipinski definition) is 0. The molecule has 1 atom stereocenters. The van der Waals surface area contributed by atoms with Gasteiger partial charge in [0, 0.05) is 12.6 Å². The van der Waals surface area contributed by atoms with Crippen LogP contribution in [0, 0.1) is 0 Å². The lowest BCUT2D eigenvalue weighted by atomic mass is 10.1. The summed E-state index contributed by atoms with van der Waals surface area (Å²) in [5.74, 6) is 1.55. The molecule has 1 saturated heterocycles. The zero-order valence-corrected chi connectivity index (χ0v) is 14.7. The van der Waals surface area contributed by atoms with E-state index in [1.54, 1.807) is 18.2 Å². The first kappa shape index (κ1) is 16.4. The van der Waals surface area contributed by atoms with Crippen molar-refractivity contribution in [2.24, 2.45) is 0 Å². The van der Waals surface area contributed by atoms with Gasteiger partial charge in [-0.2, -0.15) is 4.31 Å². The van der Waals surface area contributed by atoms with Gasteiger partial charge in [-0.1, -0.05) is 11.6 Å². The standard InChI is InChI=1S/C16H15ClN2O5S/c17-16-4-1-12(8-18-16)22-9-11-5-6-19(11)25(20,21)13-2-3-14-15(7-13)24-10-23-14/h1-4,7-8,11H,5-6,9-10H2/t11-/m1/s1. The summed E-state index contributed by atoms with van der Waals surface area (Å²) >= 11 is 5.73. The number of halogens is 1. The summed E-state index contributed by atoms with van der Waals surface area (Å²) in [6, 6.07) is 7.74. The highest BCUT2D eigenvalue weighted by Crippen LogP contribution is 2.36. The highest BCUT2D eigenvalue weighted by Gasteiger charge is 2.39. The molecule has 1 aromatic heterocycles. The fraction of sp³-hybridized carbons (Fsp3) is 0.312. The first-order valence-corrected chi connectivity index (χ1v) is 9.52. The molecule has 2 aliphatic rings. The van der Waals surface area contributed by atoms with Crippen molar-refractivity contribution < 1.29 is 22.6 Å². The van der Waals surface area contributed by atoms with Crippen molar-refractivity contribution in [1.82, 2.24) is 9.29 Å². The monoisotopic (exact) mass is 382 g/mol. The van der Waals surface area contributed by atoms with Gasteiger partial charge in [0.15, 0.2) is 11.5 Å². The predicted octanol–water partition coefficient (Wildman–Crippen LogP) is 2.31. The minimum absolute atomic E-state index is 0.105. The van der Waals surface area contributed by atoms with E-state index >= 15 is 0 Å². The van der Waals surface area contributed by atoms with Crippen molar-refractivity contribution in [2.75, 3.05) is 19.9 Å². The van der Waals surface area contributed by atoms with E-state index in [1.807, 2.05) is 0 Å².